The van der Waals surface area contributed by atoms with E-state index in [0.717, 1.165) is 49.8 Å². The normalized spacial score (nSPS) is 10.5. The van der Waals surface area contributed by atoms with Crippen LogP contribution in [0, 0.1) is 0 Å². The zero-order valence-corrected chi connectivity index (χ0v) is 19.2. The minimum atomic E-state index is 0.706. The molecule has 0 amide bonds. The number of ether oxygens (including phenoxy) is 4. The van der Waals surface area contributed by atoms with E-state index in [-0.39, 0.29) is 0 Å². The smallest absolute Gasteiger partial charge is 0.188 e. The fraction of sp³-hybridized carbons (Fsp3) is 0.160. The van der Waals surface area contributed by atoms with Gasteiger partial charge >= 0.3 is 0 Å². The first-order valence-corrected chi connectivity index (χ1v) is 10.8. The third kappa shape index (κ3) is 4.48. The van der Waals surface area contributed by atoms with E-state index in [9.17, 15) is 0 Å². The highest BCUT2D eigenvalue weighted by atomic mass is 32.1. The Balaban J connectivity index is 1.78. The number of hydrogen-bond acceptors (Lipinski definition) is 7. The van der Waals surface area contributed by atoms with Gasteiger partial charge in [-0.2, -0.15) is 0 Å². The molecule has 0 bridgehead atoms. The molecule has 6 nitrogen and oxygen atoms in total. The molecule has 0 atom stereocenters. The van der Waals surface area contributed by atoms with Gasteiger partial charge < -0.3 is 24.3 Å². The number of hydrogen-bond donors (Lipinski definition) is 1. The van der Waals surface area contributed by atoms with Crippen molar-refractivity contribution >= 4 is 22.2 Å². The number of nitrogens with one attached hydrogen (secondary N) is 1. The summed E-state index contributed by atoms with van der Waals surface area (Å²) in [5, 5.41) is 4.14. The Morgan fingerprint density at radius 1 is 0.656 bits per heavy atom. The Morgan fingerprint density at radius 2 is 1.22 bits per heavy atom. The first-order chi connectivity index (χ1) is 15.6. The minimum Gasteiger partial charge on any atom is -0.497 e. The van der Waals surface area contributed by atoms with E-state index in [4.69, 9.17) is 23.9 Å². The maximum absolute atomic E-state index is 5.51. The Labute approximate surface area is 191 Å². The van der Waals surface area contributed by atoms with E-state index < -0.39 is 0 Å². The molecular formula is C25H24N2O4S. The second kappa shape index (κ2) is 9.62. The van der Waals surface area contributed by atoms with Crippen LogP contribution in [0.5, 0.6) is 23.0 Å². The zero-order chi connectivity index (χ0) is 22.5. The second-order valence-electron chi connectivity index (χ2n) is 6.84. The van der Waals surface area contributed by atoms with Crippen LogP contribution in [0.15, 0.2) is 66.7 Å². The molecule has 0 unspecified atom stereocenters. The summed E-state index contributed by atoms with van der Waals surface area (Å²) in [7, 11) is 6.59. The van der Waals surface area contributed by atoms with Crippen LogP contribution >= 0.6 is 11.3 Å². The third-order valence-electron chi connectivity index (χ3n) is 4.99. The molecule has 1 aromatic heterocycles. The van der Waals surface area contributed by atoms with Crippen molar-refractivity contribution in [2.75, 3.05) is 33.8 Å². The lowest BCUT2D eigenvalue weighted by Crippen LogP contribution is -1.95. The topological polar surface area (TPSA) is 61.8 Å². The van der Waals surface area contributed by atoms with E-state index in [0.29, 0.717) is 5.75 Å². The summed E-state index contributed by atoms with van der Waals surface area (Å²) in [6.45, 7) is 0. The average molecular weight is 449 g/mol. The zero-order valence-electron chi connectivity index (χ0n) is 18.3. The van der Waals surface area contributed by atoms with Crippen LogP contribution in [-0.4, -0.2) is 33.4 Å². The molecule has 0 saturated heterocycles. The van der Waals surface area contributed by atoms with Crippen molar-refractivity contribution in [2.45, 2.75) is 0 Å². The number of methoxy groups -OCH3 is 4. The molecular weight excluding hydrogens is 424 g/mol. The van der Waals surface area contributed by atoms with Gasteiger partial charge in [0.05, 0.1) is 44.7 Å². The van der Waals surface area contributed by atoms with Crippen LogP contribution in [0.3, 0.4) is 0 Å². The fourth-order valence-electron chi connectivity index (χ4n) is 3.28. The van der Waals surface area contributed by atoms with Gasteiger partial charge in [0.1, 0.15) is 23.0 Å². The molecule has 0 aliphatic rings. The molecule has 0 spiro atoms. The summed E-state index contributed by atoms with van der Waals surface area (Å²) in [6, 6.07) is 21.5. The van der Waals surface area contributed by atoms with Crippen molar-refractivity contribution in [3.05, 3.63) is 66.7 Å². The van der Waals surface area contributed by atoms with Crippen LogP contribution < -0.4 is 24.3 Å². The number of thiazole rings is 1. The Hall–Kier alpha value is -3.71. The van der Waals surface area contributed by atoms with Gasteiger partial charge in [-0.1, -0.05) is 11.3 Å². The highest BCUT2D eigenvalue weighted by Crippen LogP contribution is 2.42. The summed E-state index contributed by atoms with van der Waals surface area (Å²) in [6.07, 6.45) is 0. The second-order valence-corrected chi connectivity index (χ2v) is 7.84. The molecule has 32 heavy (non-hydrogen) atoms. The van der Waals surface area contributed by atoms with E-state index in [2.05, 4.69) is 5.32 Å². The maximum Gasteiger partial charge on any atom is 0.188 e. The SMILES string of the molecule is COc1ccc(-c2nc(Nc3cc(OC)ccc3OC)sc2-c2ccc(OC)cc2)cc1. The molecule has 0 aliphatic carbocycles. The van der Waals surface area contributed by atoms with Crippen LogP contribution in [0.2, 0.25) is 0 Å². The number of anilines is 2. The van der Waals surface area contributed by atoms with Crippen LogP contribution in [0.1, 0.15) is 0 Å². The first kappa shape index (κ1) is 21.5. The van der Waals surface area contributed by atoms with Crippen LogP contribution in [0.25, 0.3) is 21.7 Å². The molecule has 4 rings (SSSR count). The largest absolute Gasteiger partial charge is 0.497 e. The first-order valence-electron chi connectivity index (χ1n) is 9.94. The summed E-state index contributed by atoms with van der Waals surface area (Å²) in [5.74, 6) is 3.05. The van der Waals surface area contributed by atoms with E-state index >= 15 is 0 Å². The number of rotatable bonds is 8. The summed E-state index contributed by atoms with van der Waals surface area (Å²) < 4.78 is 21.5. The van der Waals surface area contributed by atoms with Crippen molar-refractivity contribution in [1.82, 2.24) is 4.98 Å². The van der Waals surface area contributed by atoms with E-state index in [1.807, 2.05) is 66.7 Å². The molecule has 0 radical (unpaired) electrons. The predicted molar refractivity (Wildman–Crippen MR) is 129 cm³/mol. The number of nitrogens with zero attached hydrogens (tertiary/aromatic N) is 1. The fourth-order valence-corrected chi connectivity index (χ4v) is 4.29. The molecule has 0 aliphatic heterocycles. The third-order valence-corrected chi connectivity index (χ3v) is 6.01. The molecule has 1 heterocycles. The van der Waals surface area contributed by atoms with Crippen LogP contribution in [0.4, 0.5) is 10.8 Å². The summed E-state index contributed by atoms with van der Waals surface area (Å²) in [4.78, 5) is 5.96. The molecule has 7 heteroatoms. The van der Waals surface area contributed by atoms with Crippen molar-refractivity contribution in [3.63, 3.8) is 0 Å². The Bertz CT molecular complexity index is 1120. The van der Waals surface area contributed by atoms with Gasteiger partial charge in [0, 0.05) is 11.6 Å². The van der Waals surface area contributed by atoms with Crippen molar-refractivity contribution in [2.24, 2.45) is 0 Å². The summed E-state index contributed by atoms with van der Waals surface area (Å²) in [5.41, 5.74) is 3.72. The van der Waals surface area contributed by atoms with Crippen molar-refractivity contribution < 1.29 is 18.9 Å². The van der Waals surface area contributed by atoms with Crippen LogP contribution in [-0.2, 0) is 0 Å². The van der Waals surface area contributed by atoms with Gasteiger partial charge in [-0.05, 0) is 66.2 Å². The highest BCUT2D eigenvalue weighted by Gasteiger charge is 2.17. The van der Waals surface area contributed by atoms with Crippen molar-refractivity contribution in [3.8, 4) is 44.7 Å². The molecule has 3 aromatic carbocycles. The highest BCUT2D eigenvalue weighted by molar-refractivity contribution is 7.19. The Kier molecular flexibility index (Phi) is 6.47. The van der Waals surface area contributed by atoms with E-state index in [1.165, 1.54) is 0 Å². The predicted octanol–water partition coefficient (Wildman–Crippen LogP) is 6.26. The molecule has 4 aromatic rings. The Morgan fingerprint density at radius 3 is 1.78 bits per heavy atom. The lowest BCUT2D eigenvalue weighted by atomic mass is 10.1. The average Bonchev–Trinajstić information content (AvgIpc) is 3.27. The lowest BCUT2D eigenvalue weighted by Gasteiger charge is -2.10. The van der Waals surface area contributed by atoms with Gasteiger partial charge in [0.25, 0.3) is 0 Å². The van der Waals surface area contributed by atoms with Gasteiger partial charge in [-0.3, -0.25) is 0 Å². The number of benzene rings is 3. The quantitative estimate of drug-likeness (QED) is 0.343. The summed E-state index contributed by atoms with van der Waals surface area (Å²) >= 11 is 1.57. The lowest BCUT2D eigenvalue weighted by molar-refractivity contribution is 0.405. The van der Waals surface area contributed by atoms with Gasteiger partial charge in [-0.15, -0.1) is 0 Å². The molecule has 0 saturated carbocycles. The minimum absolute atomic E-state index is 0.706. The molecule has 0 fully saturated rings. The standard InChI is InChI=1S/C25H24N2O4S/c1-28-18-9-5-16(6-10-18)23-24(17-7-11-19(29-2)12-8-17)32-25(27-23)26-21-15-20(30-3)13-14-22(21)31-4/h5-15H,1-4H3,(H,26,27). The molecule has 164 valence electrons. The monoisotopic (exact) mass is 448 g/mol. The molecule has 1 N–H and O–H groups in total. The van der Waals surface area contributed by atoms with E-state index in [1.54, 1.807) is 39.8 Å². The van der Waals surface area contributed by atoms with Gasteiger partial charge in [-0.25, -0.2) is 4.98 Å². The number of aromatic nitrogens is 1. The van der Waals surface area contributed by atoms with Gasteiger partial charge in [0.2, 0.25) is 0 Å². The maximum atomic E-state index is 5.51. The van der Waals surface area contributed by atoms with Gasteiger partial charge in [0.15, 0.2) is 5.13 Å². The van der Waals surface area contributed by atoms with Crippen molar-refractivity contribution in [1.29, 1.82) is 0 Å².